The molecule has 0 spiro atoms. The van der Waals surface area contributed by atoms with Gasteiger partial charge in [-0.3, -0.25) is 0 Å². The van der Waals surface area contributed by atoms with Gasteiger partial charge in [0.05, 0.1) is 4.34 Å². The molecule has 0 unspecified atom stereocenters. The lowest BCUT2D eigenvalue weighted by molar-refractivity contribution is 1.57. The summed E-state index contributed by atoms with van der Waals surface area (Å²) >= 11 is 9.56. The van der Waals surface area contributed by atoms with Gasteiger partial charge in [-0.1, -0.05) is 139 Å². The zero-order valence-electron chi connectivity index (χ0n) is 22.1. The van der Waals surface area contributed by atoms with Crippen molar-refractivity contribution in [1.29, 1.82) is 0 Å². The van der Waals surface area contributed by atoms with Crippen molar-refractivity contribution in [3.05, 3.63) is 156 Å². The van der Waals surface area contributed by atoms with E-state index in [1.54, 1.807) is 22.7 Å². The lowest BCUT2D eigenvalue weighted by atomic mass is 9.97. The quantitative estimate of drug-likeness (QED) is 0.183. The van der Waals surface area contributed by atoms with E-state index >= 15 is 0 Å². The third-order valence-electron chi connectivity index (χ3n) is 7.35. The van der Waals surface area contributed by atoms with Crippen LogP contribution in [0.1, 0.15) is 0 Å². The lowest BCUT2D eigenvalue weighted by Crippen LogP contribution is -1.83. The van der Waals surface area contributed by atoms with Gasteiger partial charge in [-0.2, -0.15) is 0 Å². The molecule has 0 aliphatic rings. The Morgan fingerprint density at radius 2 is 0.585 bits per heavy atom. The molecule has 0 saturated heterocycles. The molecular formula is C38H25ClS2. The number of halogens is 1. The summed E-state index contributed by atoms with van der Waals surface area (Å²) in [4.78, 5) is 3.74. The number of benzene rings is 5. The van der Waals surface area contributed by atoms with E-state index in [9.17, 15) is 0 Å². The molecule has 2 heterocycles. The Balaban J connectivity index is 1.04. The third kappa shape index (κ3) is 5.55. The molecule has 0 radical (unpaired) electrons. The van der Waals surface area contributed by atoms with E-state index < -0.39 is 0 Å². The monoisotopic (exact) mass is 580 g/mol. The predicted molar refractivity (Wildman–Crippen MR) is 180 cm³/mol. The Bertz CT molecular complexity index is 1890. The molecule has 0 atom stereocenters. The van der Waals surface area contributed by atoms with Gasteiger partial charge < -0.3 is 0 Å². The molecule has 2 aromatic heterocycles. The normalized spacial score (nSPS) is 11.0. The van der Waals surface area contributed by atoms with Crippen LogP contribution in [0.15, 0.2) is 152 Å². The van der Waals surface area contributed by atoms with Crippen molar-refractivity contribution in [3.63, 3.8) is 0 Å². The van der Waals surface area contributed by atoms with Crippen molar-refractivity contribution >= 4 is 34.3 Å². The van der Waals surface area contributed by atoms with Gasteiger partial charge in [0.2, 0.25) is 0 Å². The van der Waals surface area contributed by atoms with Crippen molar-refractivity contribution < 1.29 is 0 Å². The molecule has 7 rings (SSSR count). The number of rotatable bonds is 6. The highest BCUT2D eigenvalue weighted by Crippen LogP contribution is 2.39. The molecule has 0 amide bonds. The molecular weight excluding hydrogens is 556 g/mol. The first-order valence-corrected chi connectivity index (χ1v) is 15.5. The van der Waals surface area contributed by atoms with Crippen molar-refractivity contribution in [2.75, 3.05) is 0 Å². The topological polar surface area (TPSA) is 0 Å². The zero-order valence-corrected chi connectivity index (χ0v) is 24.5. The number of hydrogen-bond donors (Lipinski definition) is 0. The predicted octanol–water partition coefficient (Wildman–Crippen LogP) is 12.5. The van der Waals surface area contributed by atoms with Crippen LogP contribution < -0.4 is 0 Å². The van der Waals surface area contributed by atoms with E-state index in [-0.39, 0.29) is 0 Å². The highest BCUT2D eigenvalue weighted by Gasteiger charge is 2.08. The highest BCUT2D eigenvalue weighted by atomic mass is 35.5. The Morgan fingerprint density at radius 3 is 0.976 bits per heavy atom. The van der Waals surface area contributed by atoms with Crippen molar-refractivity contribution in [2.24, 2.45) is 0 Å². The standard InChI is InChI=1S/C38H25ClS2/c39-38-25-24-37(41-38)36-23-22-35(40-36)34-20-18-33(19-21-34)32-16-14-31(15-17-32)30-12-10-29(11-13-30)28-8-6-27(7-9-28)26-4-2-1-3-5-26/h1-25H. The van der Waals surface area contributed by atoms with Gasteiger partial charge in [-0.25, -0.2) is 0 Å². The van der Waals surface area contributed by atoms with Gasteiger partial charge >= 0.3 is 0 Å². The Morgan fingerprint density at radius 1 is 0.268 bits per heavy atom. The average Bonchev–Trinajstić information content (AvgIpc) is 3.72. The molecule has 0 N–H and O–H groups in total. The summed E-state index contributed by atoms with van der Waals surface area (Å²) in [5, 5.41) is 0. The summed E-state index contributed by atoms with van der Waals surface area (Å²) < 4.78 is 0.826. The van der Waals surface area contributed by atoms with Crippen molar-refractivity contribution in [3.8, 4) is 64.7 Å². The largest absolute Gasteiger partial charge is 0.134 e. The zero-order chi connectivity index (χ0) is 27.6. The van der Waals surface area contributed by atoms with Crippen LogP contribution in [0.4, 0.5) is 0 Å². The number of thiophene rings is 2. The fourth-order valence-corrected chi connectivity index (χ4v) is 7.24. The molecule has 0 aliphatic carbocycles. The SMILES string of the molecule is Clc1ccc(-c2ccc(-c3ccc(-c4ccc(-c5ccc(-c6ccc(-c7ccccc7)cc6)cc5)cc4)cc3)s2)s1. The molecule has 0 nitrogen and oxygen atoms in total. The summed E-state index contributed by atoms with van der Waals surface area (Å²) in [6.45, 7) is 0. The molecule has 0 saturated carbocycles. The van der Waals surface area contributed by atoms with Gasteiger partial charge in [0.15, 0.2) is 0 Å². The van der Waals surface area contributed by atoms with E-state index in [0.717, 1.165) is 4.34 Å². The fraction of sp³-hybridized carbons (Fsp3) is 0. The third-order valence-corrected chi connectivity index (χ3v) is 9.91. The fourth-order valence-electron chi connectivity index (χ4n) is 5.10. The molecule has 0 aliphatic heterocycles. The number of hydrogen-bond acceptors (Lipinski definition) is 2. The molecule has 0 fully saturated rings. The second kappa shape index (κ2) is 11.3. The van der Waals surface area contributed by atoms with Crippen molar-refractivity contribution in [1.82, 2.24) is 0 Å². The van der Waals surface area contributed by atoms with Gasteiger partial charge in [0.25, 0.3) is 0 Å². The molecule has 3 heteroatoms. The van der Waals surface area contributed by atoms with Crippen LogP contribution in [0.5, 0.6) is 0 Å². The van der Waals surface area contributed by atoms with E-state index in [1.165, 1.54) is 64.7 Å². The lowest BCUT2D eigenvalue weighted by Gasteiger charge is -2.08. The second-order valence-electron chi connectivity index (χ2n) is 9.94. The minimum Gasteiger partial charge on any atom is -0.134 e. The van der Waals surface area contributed by atoms with Crippen LogP contribution in [0.25, 0.3) is 64.7 Å². The van der Waals surface area contributed by atoms with Gasteiger partial charge in [-0.15, -0.1) is 22.7 Å². The van der Waals surface area contributed by atoms with Crippen LogP contribution in [-0.2, 0) is 0 Å². The summed E-state index contributed by atoms with van der Waals surface area (Å²) in [5.74, 6) is 0. The summed E-state index contributed by atoms with van der Waals surface area (Å²) in [6.07, 6.45) is 0. The highest BCUT2D eigenvalue weighted by molar-refractivity contribution is 7.25. The van der Waals surface area contributed by atoms with Crippen molar-refractivity contribution in [2.45, 2.75) is 0 Å². The second-order valence-corrected chi connectivity index (χ2v) is 12.7. The Labute approximate surface area is 253 Å². The summed E-state index contributed by atoms with van der Waals surface area (Å²) in [7, 11) is 0. The minimum absolute atomic E-state index is 0.826. The maximum atomic E-state index is 6.13. The molecule has 5 aromatic carbocycles. The average molecular weight is 581 g/mol. The van der Waals surface area contributed by atoms with Crippen LogP contribution in [0.2, 0.25) is 4.34 Å². The van der Waals surface area contributed by atoms with Gasteiger partial charge in [-0.05, 0) is 74.3 Å². The van der Waals surface area contributed by atoms with E-state index in [1.807, 2.05) is 6.07 Å². The molecule has 0 bridgehead atoms. The van der Waals surface area contributed by atoms with Crippen LogP contribution in [-0.4, -0.2) is 0 Å². The smallest absolute Gasteiger partial charge is 0.0935 e. The maximum absolute atomic E-state index is 6.13. The van der Waals surface area contributed by atoms with Crippen LogP contribution in [0, 0.1) is 0 Å². The van der Waals surface area contributed by atoms with Gasteiger partial charge in [0.1, 0.15) is 0 Å². The molecule has 41 heavy (non-hydrogen) atoms. The van der Waals surface area contributed by atoms with Gasteiger partial charge in [0, 0.05) is 14.6 Å². The maximum Gasteiger partial charge on any atom is 0.0935 e. The minimum atomic E-state index is 0.826. The van der Waals surface area contributed by atoms with Crippen LogP contribution in [0.3, 0.4) is 0 Å². The summed E-state index contributed by atoms with van der Waals surface area (Å²) in [5.41, 5.74) is 11.0. The van der Waals surface area contributed by atoms with E-state index in [4.69, 9.17) is 11.6 Å². The van der Waals surface area contributed by atoms with E-state index in [2.05, 4.69) is 146 Å². The van der Waals surface area contributed by atoms with E-state index in [0.29, 0.717) is 0 Å². The Hall–Kier alpha value is -4.21. The first-order chi connectivity index (χ1) is 20.2. The van der Waals surface area contributed by atoms with Crippen LogP contribution >= 0.6 is 34.3 Å². The first-order valence-electron chi connectivity index (χ1n) is 13.5. The molecule has 196 valence electrons. The Kier molecular flexibility index (Phi) is 7.12. The first kappa shape index (κ1) is 25.7. The molecule has 7 aromatic rings. The summed E-state index contributed by atoms with van der Waals surface area (Å²) in [6, 6.07) is 54.3.